The molecule has 1 aromatic carbocycles. The van der Waals surface area contributed by atoms with Crippen LogP contribution in [-0.2, 0) is 22.6 Å². The molecule has 1 aromatic rings. The largest absolute Gasteiger partial charge is 0.481 e. The van der Waals surface area contributed by atoms with Crippen molar-refractivity contribution in [1.82, 2.24) is 4.90 Å². The number of fused-ring (bicyclic) bond motifs is 1. The highest BCUT2D eigenvalue weighted by Crippen LogP contribution is 2.31. The molecule has 1 N–H and O–H groups in total. The number of aliphatic carboxylic acids is 1. The van der Waals surface area contributed by atoms with Crippen LogP contribution in [0.4, 0.5) is 0 Å². The molecule has 22 heavy (non-hydrogen) atoms. The number of carbonyl (C=O) groups is 2. The number of benzene rings is 1. The first-order valence-corrected chi connectivity index (χ1v) is 8.23. The highest BCUT2D eigenvalue weighted by Gasteiger charge is 2.33. The number of carboxylic acids is 1. The highest BCUT2D eigenvalue weighted by molar-refractivity contribution is 5.80. The predicted octanol–water partition coefficient (Wildman–Crippen LogP) is 2.85. The van der Waals surface area contributed by atoms with Crippen LogP contribution in [0.15, 0.2) is 24.3 Å². The minimum atomic E-state index is -0.751. The van der Waals surface area contributed by atoms with Crippen molar-refractivity contribution in [3.05, 3.63) is 35.4 Å². The van der Waals surface area contributed by atoms with Crippen molar-refractivity contribution in [1.29, 1.82) is 0 Å². The minimum absolute atomic E-state index is 0.111. The van der Waals surface area contributed by atoms with E-state index in [9.17, 15) is 14.7 Å². The van der Waals surface area contributed by atoms with Gasteiger partial charge in [0.05, 0.1) is 5.92 Å². The van der Waals surface area contributed by atoms with Gasteiger partial charge in [0, 0.05) is 19.0 Å². The summed E-state index contributed by atoms with van der Waals surface area (Å²) in [5.74, 6) is -1.05. The maximum absolute atomic E-state index is 12.8. The van der Waals surface area contributed by atoms with Gasteiger partial charge < -0.3 is 10.0 Å². The van der Waals surface area contributed by atoms with E-state index < -0.39 is 5.97 Å². The average molecular weight is 301 g/mol. The molecule has 3 rings (SSSR count). The fraction of sp³-hybridized carbons (Fsp3) is 0.556. The van der Waals surface area contributed by atoms with Crippen LogP contribution >= 0.6 is 0 Å². The Labute approximate surface area is 131 Å². The molecule has 118 valence electrons. The summed E-state index contributed by atoms with van der Waals surface area (Å²) in [5.41, 5.74) is 2.57. The van der Waals surface area contributed by atoms with E-state index in [1.807, 2.05) is 11.0 Å². The number of amides is 1. The van der Waals surface area contributed by atoms with Gasteiger partial charge in [0.15, 0.2) is 0 Å². The first-order valence-electron chi connectivity index (χ1n) is 8.23. The molecule has 1 amide bonds. The van der Waals surface area contributed by atoms with Gasteiger partial charge in [-0.3, -0.25) is 9.59 Å². The van der Waals surface area contributed by atoms with Crippen LogP contribution in [0.25, 0.3) is 0 Å². The third kappa shape index (κ3) is 3.16. The number of nitrogens with zero attached hydrogens (tertiary/aromatic N) is 1. The second-order valence-electron chi connectivity index (χ2n) is 6.53. The predicted molar refractivity (Wildman–Crippen MR) is 83.3 cm³/mol. The molecule has 2 unspecified atom stereocenters. The first kappa shape index (κ1) is 15.1. The molecule has 4 heteroatoms. The van der Waals surface area contributed by atoms with Gasteiger partial charge >= 0.3 is 5.97 Å². The number of carbonyl (C=O) groups excluding carboxylic acids is 1. The summed E-state index contributed by atoms with van der Waals surface area (Å²) in [6.07, 6.45) is 4.90. The molecule has 4 nitrogen and oxygen atoms in total. The third-order valence-electron chi connectivity index (χ3n) is 5.04. The Bertz CT molecular complexity index is 569. The molecule has 0 aromatic heterocycles. The molecule has 0 radical (unpaired) electrons. The minimum Gasteiger partial charge on any atom is -0.481 e. The number of carboxylic acid groups (broad SMARTS) is 1. The second-order valence-corrected chi connectivity index (χ2v) is 6.53. The number of hydrogen-bond donors (Lipinski definition) is 1. The third-order valence-corrected chi connectivity index (χ3v) is 5.04. The molecule has 1 heterocycles. The molecule has 1 aliphatic carbocycles. The SMILES string of the molecule is O=C(O)C1CCCC(C(=O)N2CCCc3ccccc3C2)C1. The van der Waals surface area contributed by atoms with Crippen LogP contribution in [0.3, 0.4) is 0 Å². The molecule has 1 saturated carbocycles. The van der Waals surface area contributed by atoms with E-state index in [2.05, 4.69) is 18.2 Å². The van der Waals surface area contributed by atoms with Crippen molar-refractivity contribution in [2.75, 3.05) is 6.54 Å². The Balaban J connectivity index is 1.71. The molecule has 1 aliphatic heterocycles. The van der Waals surface area contributed by atoms with Crippen molar-refractivity contribution in [2.45, 2.75) is 45.1 Å². The van der Waals surface area contributed by atoms with Crippen LogP contribution < -0.4 is 0 Å². The molecule has 0 saturated heterocycles. The summed E-state index contributed by atoms with van der Waals surface area (Å²) < 4.78 is 0. The van der Waals surface area contributed by atoms with Crippen LogP contribution in [-0.4, -0.2) is 28.4 Å². The van der Waals surface area contributed by atoms with Crippen LogP contribution in [0.2, 0.25) is 0 Å². The summed E-state index contributed by atoms with van der Waals surface area (Å²) in [6.45, 7) is 1.45. The Morgan fingerprint density at radius 1 is 1.05 bits per heavy atom. The van der Waals surface area contributed by atoms with Gasteiger partial charge in [-0.1, -0.05) is 30.7 Å². The zero-order valence-electron chi connectivity index (χ0n) is 12.8. The molecular weight excluding hydrogens is 278 g/mol. The van der Waals surface area contributed by atoms with E-state index in [1.165, 1.54) is 11.1 Å². The summed E-state index contributed by atoms with van der Waals surface area (Å²) in [4.78, 5) is 26.0. The van der Waals surface area contributed by atoms with E-state index in [0.717, 1.165) is 32.2 Å². The van der Waals surface area contributed by atoms with Gasteiger partial charge in [0.2, 0.25) is 5.91 Å². The van der Waals surface area contributed by atoms with Gasteiger partial charge in [0.1, 0.15) is 0 Å². The monoisotopic (exact) mass is 301 g/mol. The maximum Gasteiger partial charge on any atom is 0.306 e. The topological polar surface area (TPSA) is 57.6 Å². The van der Waals surface area contributed by atoms with E-state index in [-0.39, 0.29) is 17.7 Å². The highest BCUT2D eigenvalue weighted by atomic mass is 16.4. The average Bonchev–Trinajstić information content (AvgIpc) is 2.76. The van der Waals surface area contributed by atoms with Gasteiger partial charge in [0.25, 0.3) is 0 Å². The quantitative estimate of drug-likeness (QED) is 0.914. The summed E-state index contributed by atoms with van der Waals surface area (Å²) in [7, 11) is 0. The van der Waals surface area contributed by atoms with Crippen molar-refractivity contribution in [3.8, 4) is 0 Å². The van der Waals surface area contributed by atoms with Crippen LogP contribution in [0, 0.1) is 11.8 Å². The normalized spacial score (nSPS) is 25.2. The first-order chi connectivity index (χ1) is 10.6. The van der Waals surface area contributed by atoms with Crippen molar-refractivity contribution in [2.24, 2.45) is 11.8 Å². The smallest absolute Gasteiger partial charge is 0.306 e. The lowest BCUT2D eigenvalue weighted by atomic mass is 9.80. The second kappa shape index (κ2) is 6.51. The molecule has 0 spiro atoms. The van der Waals surface area contributed by atoms with Crippen molar-refractivity contribution in [3.63, 3.8) is 0 Å². The molecule has 0 bridgehead atoms. The Kier molecular flexibility index (Phi) is 4.46. The number of aryl methyl sites for hydroxylation is 1. The van der Waals surface area contributed by atoms with E-state index >= 15 is 0 Å². The summed E-state index contributed by atoms with van der Waals surface area (Å²) in [6, 6.07) is 8.31. The Morgan fingerprint density at radius 2 is 1.77 bits per heavy atom. The fourth-order valence-corrected chi connectivity index (χ4v) is 3.79. The van der Waals surface area contributed by atoms with Gasteiger partial charge in [-0.05, 0) is 43.2 Å². The van der Waals surface area contributed by atoms with E-state index in [1.54, 1.807) is 0 Å². The zero-order chi connectivity index (χ0) is 15.5. The molecule has 2 atom stereocenters. The Hall–Kier alpha value is -1.84. The lowest BCUT2D eigenvalue weighted by molar-refractivity contribution is -0.145. The van der Waals surface area contributed by atoms with Gasteiger partial charge in [-0.2, -0.15) is 0 Å². The zero-order valence-corrected chi connectivity index (χ0v) is 12.8. The fourth-order valence-electron chi connectivity index (χ4n) is 3.79. The van der Waals surface area contributed by atoms with Crippen LogP contribution in [0.1, 0.15) is 43.2 Å². The molecule has 2 aliphatic rings. The molecule has 1 fully saturated rings. The van der Waals surface area contributed by atoms with Gasteiger partial charge in [-0.25, -0.2) is 0 Å². The van der Waals surface area contributed by atoms with Crippen LogP contribution in [0.5, 0.6) is 0 Å². The van der Waals surface area contributed by atoms with Crippen molar-refractivity contribution >= 4 is 11.9 Å². The van der Waals surface area contributed by atoms with E-state index in [0.29, 0.717) is 19.4 Å². The lowest BCUT2D eigenvalue weighted by Crippen LogP contribution is -2.38. The summed E-state index contributed by atoms with van der Waals surface area (Å²) >= 11 is 0. The van der Waals surface area contributed by atoms with Crippen molar-refractivity contribution < 1.29 is 14.7 Å². The summed E-state index contributed by atoms with van der Waals surface area (Å²) in [5, 5.41) is 9.20. The Morgan fingerprint density at radius 3 is 2.55 bits per heavy atom. The number of rotatable bonds is 2. The van der Waals surface area contributed by atoms with E-state index in [4.69, 9.17) is 0 Å². The van der Waals surface area contributed by atoms with Gasteiger partial charge in [-0.15, -0.1) is 0 Å². The molecular formula is C18H23NO3. The maximum atomic E-state index is 12.8. The number of hydrogen-bond acceptors (Lipinski definition) is 2. The standard InChI is InChI=1S/C18H23NO3/c20-17(14-7-3-8-15(11-14)18(21)22)19-10-4-9-13-5-1-2-6-16(13)12-19/h1-2,5-6,14-15H,3-4,7-12H2,(H,21,22). The lowest BCUT2D eigenvalue weighted by Gasteiger charge is -2.31.